The lowest BCUT2D eigenvalue weighted by Crippen LogP contribution is -1.88. The number of hydrogen-bond donors (Lipinski definition) is 2. The average Bonchev–Trinajstić information content (AvgIpc) is 2.96. The summed E-state index contributed by atoms with van der Waals surface area (Å²) in [7, 11) is 0. The van der Waals surface area contributed by atoms with Crippen LogP contribution in [0.15, 0.2) is 42.7 Å². The number of aromatic amines is 1. The second-order valence-corrected chi connectivity index (χ2v) is 5.68. The van der Waals surface area contributed by atoms with Crippen molar-refractivity contribution in [3.05, 3.63) is 53.3 Å². The maximum Gasteiger partial charge on any atom is 0.126 e. The molecule has 0 bridgehead atoms. The van der Waals surface area contributed by atoms with Crippen LogP contribution in [-0.2, 0) is 0 Å². The molecule has 0 saturated carbocycles. The van der Waals surface area contributed by atoms with Crippen molar-refractivity contribution in [1.29, 1.82) is 0 Å². The number of aromatic nitrogens is 3. The van der Waals surface area contributed by atoms with E-state index >= 15 is 0 Å². The molecule has 108 valence electrons. The number of aryl methyl sites for hydroxylation is 1. The molecule has 0 saturated heterocycles. The third-order valence-electron chi connectivity index (χ3n) is 3.91. The molecule has 4 nitrogen and oxygen atoms in total. The molecule has 4 rings (SSSR count). The molecule has 0 fully saturated rings. The van der Waals surface area contributed by atoms with E-state index in [2.05, 4.69) is 15.2 Å². The molecule has 5 heteroatoms. The van der Waals surface area contributed by atoms with Crippen molar-refractivity contribution in [2.75, 3.05) is 0 Å². The number of nitrogens with one attached hydrogen (secondary N) is 1. The van der Waals surface area contributed by atoms with Crippen LogP contribution in [-0.4, -0.2) is 20.3 Å². The zero-order valence-corrected chi connectivity index (χ0v) is 12.5. The number of aromatic hydroxyl groups is 1. The number of fused-ring (bicyclic) bond motifs is 2. The minimum atomic E-state index is 0.177. The fourth-order valence-electron chi connectivity index (χ4n) is 2.83. The molecular formula is C17H12ClN3O. The van der Waals surface area contributed by atoms with E-state index in [1.807, 2.05) is 25.1 Å². The maximum atomic E-state index is 9.94. The molecule has 2 aromatic heterocycles. The predicted octanol–water partition coefficient (Wildman–Crippen LogP) is 4.45. The summed E-state index contributed by atoms with van der Waals surface area (Å²) in [5.41, 5.74) is 4.69. The Balaban J connectivity index is 2.10. The fraction of sp³-hybridized carbons (Fsp3) is 0.0588. The molecule has 2 aromatic carbocycles. The minimum absolute atomic E-state index is 0.177. The number of nitrogens with zero attached hydrogens (tertiary/aromatic N) is 2. The Kier molecular flexibility index (Phi) is 2.81. The summed E-state index contributed by atoms with van der Waals surface area (Å²) < 4.78 is 0. The third-order valence-corrected chi connectivity index (χ3v) is 4.22. The van der Waals surface area contributed by atoms with Crippen molar-refractivity contribution in [2.45, 2.75) is 6.92 Å². The summed E-state index contributed by atoms with van der Waals surface area (Å²) >= 11 is 6.48. The van der Waals surface area contributed by atoms with Crippen LogP contribution in [0.5, 0.6) is 5.75 Å². The highest BCUT2D eigenvalue weighted by Crippen LogP contribution is 2.38. The lowest BCUT2D eigenvalue weighted by atomic mass is 9.96. The van der Waals surface area contributed by atoms with Crippen LogP contribution >= 0.6 is 11.6 Å². The molecule has 0 unspecified atom stereocenters. The molecule has 2 N–H and O–H groups in total. The van der Waals surface area contributed by atoms with Gasteiger partial charge in [-0.3, -0.25) is 10.1 Å². The van der Waals surface area contributed by atoms with Gasteiger partial charge in [0.2, 0.25) is 0 Å². The van der Waals surface area contributed by atoms with E-state index in [9.17, 15) is 5.11 Å². The molecule has 0 atom stereocenters. The highest BCUT2D eigenvalue weighted by molar-refractivity contribution is 6.34. The van der Waals surface area contributed by atoms with Gasteiger partial charge in [-0.1, -0.05) is 17.7 Å². The molecule has 0 amide bonds. The van der Waals surface area contributed by atoms with Gasteiger partial charge in [0.25, 0.3) is 0 Å². The van der Waals surface area contributed by atoms with Gasteiger partial charge >= 0.3 is 0 Å². The van der Waals surface area contributed by atoms with Crippen molar-refractivity contribution >= 4 is 33.4 Å². The maximum absolute atomic E-state index is 9.94. The number of rotatable bonds is 1. The lowest BCUT2D eigenvalue weighted by molar-refractivity contribution is 0.481. The zero-order valence-electron chi connectivity index (χ0n) is 11.8. The van der Waals surface area contributed by atoms with E-state index in [0.29, 0.717) is 15.9 Å². The zero-order chi connectivity index (χ0) is 15.3. The lowest BCUT2D eigenvalue weighted by Gasteiger charge is -2.11. The average molecular weight is 310 g/mol. The molecule has 0 radical (unpaired) electrons. The van der Waals surface area contributed by atoms with Gasteiger partial charge in [0.15, 0.2) is 0 Å². The molecule has 0 aliphatic rings. The van der Waals surface area contributed by atoms with Crippen LogP contribution in [0, 0.1) is 6.92 Å². The van der Waals surface area contributed by atoms with Crippen molar-refractivity contribution < 1.29 is 5.11 Å². The minimum Gasteiger partial charge on any atom is -0.507 e. The van der Waals surface area contributed by atoms with Gasteiger partial charge in [-0.2, -0.15) is 5.10 Å². The molecule has 0 aliphatic heterocycles. The second kappa shape index (κ2) is 4.71. The third kappa shape index (κ3) is 1.84. The van der Waals surface area contributed by atoms with Crippen LogP contribution in [0.2, 0.25) is 5.02 Å². The SMILES string of the molecule is Cc1ccc2[nH]ncc2c1-c1cc2nccc(O)c2cc1Cl. The van der Waals surface area contributed by atoms with Gasteiger partial charge in [-0.25, -0.2) is 0 Å². The van der Waals surface area contributed by atoms with Crippen LogP contribution in [0.4, 0.5) is 0 Å². The Morgan fingerprint density at radius 1 is 1.14 bits per heavy atom. The predicted molar refractivity (Wildman–Crippen MR) is 88.2 cm³/mol. The van der Waals surface area contributed by atoms with Crippen molar-refractivity contribution in [3.63, 3.8) is 0 Å². The summed E-state index contributed by atoms with van der Waals surface area (Å²) in [6, 6.07) is 9.26. The van der Waals surface area contributed by atoms with Gasteiger partial charge in [0.05, 0.1) is 17.2 Å². The van der Waals surface area contributed by atoms with Gasteiger partial charge in [0, 0.05) is 27.6 Å². The van der Waals surface area contributed by atoms with Gasteiger partial charge in [-0.05, 0) is 42.3 Å². The van der Waals surface area contributed by atoms with E-state index in [4.69, 9.17) is 11.6 Å². The Hall–Kier alpha value is -2.59. The van der Waals surface area contributed by atoms with Crippen LogP contribution in [0.25, 0.3) is 32.9 Å². The highest BCUT2D eigenvalue weighted by Gasteiger charge is 2.14. The molecule has 0 aliphatic carbocycles. The normalized spacial score (nSPS) is 11.4. The standard InChI is InChI=1S/C17H12ClN3O/c1-9-2-3-14-12(8-20-21-14)17(9)10-7-15-11(6-13(10)18)16(22)4-5-19-15/h2-8H,1H3,(H,19,22)(H,20,21). The van der Waals surface area contributed by atoms with E-state index in [1.54, 1.807) is 24.5 Å². The Labute approximate surface area is 131 Å². The molecule has 0 spiro atoms. The summed E-state index contributed by atoms with van der Waals surface area (Å²) in [6.07, 6.45) is 3.38. The smallest absolute Gasteiger partial charge is 0.126 e. The first-order chi connectivity index (χ1) is 10.6. The molecule has 2 heterocycles. The number of benzene rings is 2. The highest BCUT2D eigenvalue weighted by atomic mass is 35.5. The van der Waals surface area contributed by atoms with E-state index in [0.717, 1.165) is 27.6 Å². The second-order valence-electron chi connectivity index (χ2n) is 5.27. The number of pyridine rings is 1. The van der Waals surface area contributed by atoms with Gasteiger partial charge in [0.1, 0.15) is 5.75 Å². The van der Waals surface area contributed by atoms with Crippen molar-refractivity contribution in [1.82, 2.24) is 15.2 Å². The van der Waals surface area contributed by atoms with E-state index in [1.165, 1.54) is 0 Å². The Morgan fingerprint density at radius 3 is 2.86 bits per heavy atom. The Bertz CT molecular complexity index is 1020. The topological polar surface area (TPSA) is 61.8 Å². The molecule has 4 aromatic rings. The molecule has 22 heavy (non-hydrogen) atoms. The summed E-state index contributed by atoms with van der Waals surface area (Å²) in [5.74, 6) is 0.177. The van der Waals surface area contributed by atoms with Crippen LogP contribution < -0.4 is 0 Å². The fourth-order valence-corrected chi connectivity index (χ4v) is 3.09. The first-order valence-electron chi connectivity index (χ1n) is 6.85. The Morgan fingerprint density at radius 2 is 2.00 bits per heavy atom. The number of H-pyrrole nitrogens is 1. The van der Waals surface area contributed by atoms with E-state index in [-0.39, 0.29) is 5.75 Å². The summed E-state index contributed by atoms with van der Waals surface area (Å²) in [4.78, 5) is 4.32. The van der Waals surface area contributed by atoms with Crippen LogP contribution in [0.1, 0.15) is 5.56 Å². The number of hydrogen-bond acceptors (Lipinski definition) is 3. The van der Waals surface area contributed by atoms with Gasteiger partial charge < -0.3 is 5.11 Å². The first kappa shape index (κ1) is 13.1. The van der Waals surface area contributed by atoms with E-state index < -0.39 is 0 Å². The van der Waals surface area contributed by atoms with Crippen molar-refractivity contribution in [2.24, 2.45) is 0 Å². The van der Waals surface area contributed by atoms with Crippen LogP contribution in [0.3, 0.4) is 0 Å². The summed E-state index contributed by atoms with van der Waals surface area (Å²) in [6.45, 7) is 2.04. The summed E-state index contributed by atoms with van der Waals surface area (Å²) in [5, 5.41) is 19.3. The van der Waals surface area contributed by atoms with Gasteiger partial charge in [-0.15, -0.1) is 0 Å². The quantitative estimate of drug-likeness (QED) is 0.546. The monoisotopic (exact) mass is 309 g/mol. The van der Waals surface area contributed by atoms with Crippen molar-refractivity contribution in [3.8, 4) is 16.9 Å². The number of halogens is 1. The first-order valence-corrected chi connectivity index (χ1v) is 7.23. The largest absolute Gasteiger partial charge is 0.507 e. The molecular weight excluding hydrogens is 298 g/mol.